The average Bonchev–Trinajstić information content (AvgIpc) is 3.78. The molecule has 0 N–H and O–H groups in total. The topological polar surface area (TPSA) is 13.1 Å². The maximum atomic E-state index is 6.29. The summed E-state index contributed by atoms with van der Waals surface area (Å²) in [5.74, 6) is 0.655. The van der Waals surface area contributed by atoms with E-state index in [0.29, 0.717) is 17.1 Å². The third kappa shape index (κ3) is 3.84. The van der Waals surface area contributed by atoms with Crippen LogP contribution in [0.25, 0.3) is 55.3 Å². The Morgan fingerprint density at radius 2 is 1.45 bits per heavy atom. The van der Waals surface area contributed by atoms with E-state index in [1.807, 2.05) is 11.8 Å². The van der Waals surface area contributed by atoms with E-state index >= 15 is 0 Å². The van der Waals surface area contributed by atoms with Crippen LogP contribution in [0.3, 0.4) is 0 Å². The van der Waals surface area contributed by atoms with Gasteiger partial charge in [0.1, 0.15) is 11.2 Å². The number of allylic oxidation sites excluding steroid dienone is 3. The van der Waals surface area contributed by atoms with Crippen LogP contribution >= 0.6 is 11.8 Å². The lowest BCUT2D eigenvalue weighted by molar-refractivity contribution is 0.652. The second-order valence-electron chi connectivity index (χ2n) is 14.7. The van der Waals surface area contributed by atoms with Crippen molar-refractivity contribution in [1.82, 2.24) is 0 Å². The molecule has 0 bridgehead atoms. The summed E-state index contributed by atoms with van der Waals surface area (Å²) in [6.45, 7) is 4.79. The van der Waals surface area contributed by atoms with Crippen molar-refractivity contribution in [2.45, 2.75) is 47.7 Å². The molecule has 4 aliphatic rings. The zero-order valence-corrected chi connectivity index (χ0v) is 28.4. The number of hydrogen-bond donors (Lipinski definition) is 0. The van der Waals surface area contributed by atoms with Crippen LogP contribution in [-0.4, -0.2) is 5.25 Å². The Kier molecular flexibility index (Phi) is 5.68. The van der Waals surface area contributed by atoms with E-state index in [9.17, 15) is 0 Å². The van der Waals surface area contributed by atoms with Crippen molar-refractivity contribution < 1.29 is 4.42 Å². The summed E-state index contributed by atoms with van der Waals surface area (Å²) in [5, 5.41) is 2.78. The molecule has 1 nitrogen and oxygen atoms in total. The molecule has 0 radical (unpaired) electrons. The van der Waals surface area contributed by atoms with Crippen LogP contribution in [0.2, 0.25) is 0 Å². The fraction of sp³-hybridized carbons (Fsp3) is 0.149. The number of furan rings is 1. The van der Waals surface area contributed by atoms with Gasteiger partial charge in [0.2, 0.25) is 0 Å². The Morgan fingerprint density at radius 3 is 2.39 bits per heavy atom. The van der Waals surface area contributed by atoms with E-state index < -0.39 is 0 Å². The summed E-state index contributed by atoms with van der Waals surface area (Å²) in [7, 11) is 0. The van der Waals surface area contributed by atoms with Crippen molar-refractivity contribution >= 4 is 33.7 Å². The summed E-state index contributed by atoms with van der Waals surface area (Å²) in [5.41, 5.74) is 18.8. The first-order valence-corrected chi connectivity index (χ1v) is 18.4. The Bertz CT molecular complexity index is 2610. The molecule has 1 aromatic heterocycles. The van der Waals surface area contributed by atoms with E-state index in [0.717, 1.165) is 17.6 Å². The van der Waals surface area contributed by atoms with E-state index in [2.05, 4.69) is 153 Å². The van der Waals surface area contributed by atoms with Gasteiger partial charge in [0.25, 0.3) is 0 Å². The van der Waals surface area contributed by atoms with Crippen LogP contribution in [0.1, 0.15) is 53.5 Å². The smallest absolute Gasteiger partial charge is 0.136 e. The summed E-state index contributed by atoms with van der Waals surface area (Å²) in [4.78, 5) is 1.40. The van der Waals surface area contributed by atoms with Crippen LogP contribution in [0.15, 0.2) is 154 Å². The number of thioether (sulfide) groups is 1. The van der Waals surface area contributed by atoms with Gasteiger partial charge < -0.3 is 4.42 Å². The molecule has 3 unspecified atom stereocenters. The Labute approximate surface area is 291 Å². The molecule has 6 aromatic carbocycles. The minimum Gasteiger partial charge on any atom is -0.456 e. The molecule has 3 aliphatic carbocycles. The van der Waals surface area contributed by atoms with Crippen molar-refractivity contribution in [2.75, 3.05) is 0 Å². The van der Waals surface area contributed by atoms with Crippen LogP contribution in [0.4, 0.5) is 0 Å². The molecule has 3 atom stereocenters. The number of rotatable bonds is 2. The third-order valence-corrected chi connectivity index (χ3v) is 13.2. The molecule has 0 fully saturated rings. The molecular weight excluding hydrogens is 613 g/mol. The number of para-hydroxylation sites is 1. The molecule has 7 aromatic rings. The van der Waals surface area contributed by atoms with E-state index in [1.54, 1.807) is 5.57 Å². The highest BCUT2D eigenvalue weighted by Gasteiger charge is 2.42. The molecule has 0 spiro atoms. The summed E-state index contributed by atoms with van der Waals surface area (Å²) in [6, 6.07) is 45.4. The molecule has 2 heterocycles. The maximum absolute atomic E-state index is 6.29. The minimum absolute atomic E-state index is 0.00798. The lowest BCUT2D eigenvalue weighted by Gasteiger charge is -2.35. The maximum Gasteiger partial charge on any atom is 0.136 e. The fourth-order valence-electron chi connectivity index (χ4n) is 9.59. The SMILES string of the molecule is CC1(C)c2ccccc2-c2cc3c(cc21)CC(C1=CC=CC2Sc4ccc(-c5cccc6oc7ccccc7c56)cc4C12)c1ccccc1-3. The van der Waals surface area contributed by atoms with Crippen LogP contribution in [-0.2, 0) is 11.8 Å². The van der Waals surface area contributed by atoms with Gasteiger partial charge in [0.05, 0.1) is 0 Å². The zero-order valence-electron chi connectivity index (χ0n) is 27.5. The van der Waals surface area contributed by atoms with Crippen LogP contribution < -0.4 is 0 Å². The molecule has 11 rings (SSSR count). The van der Waals surface area contributed by atoms with E-state index in [4.69, 9.17) is 4.42 Å². The van der Waals surface area contributed by atoms with Crippen LogP contribution in [0, 0.1) is 0 Å². The summed E-state index contributed by atoms with van der Waals surface area (Å²) >= 11 is 2.03. The molecule has 49 heavy (non-hydrogen) atoms. The van der Waals surface area contributed by atoms with Crippen molar-refractivity contribution in [1.29, 1.82) is 0 Å². The lowest BCUT2D eigenvalue weighted by atomic mass is 9.68. The summed E-state index contributed by atoms with van der Waals surface area (Å²) in [6.07, 6.45) is 8.23. The molecule has 1 aliphatic heterocycles. The normalized spacial score (nSPS) is 20.7. The lowest BCUT2D eigenvalue weighted by Crippen LogP contribution is -2.23. The van der Waals surface area contributed by atoms with Crippen molar-refractivity contribution in [2.24, 2.45) is 0 Å². The summed E-state index contributed by atoms with van der Waals surface area (Å²) < 4.78 is 6.29. The highest BCUT2D eigenvalue weighted by Crippen LogP contribution is 2.58. The minimum atomic E-state index is -0.00798. The third-order valence-electron chi connectivity index (χ3n) is 11.9. The Morgan fingerprint density at radius 1 is 0.653 bits per heavy atom. The van der Waals surface area contributed by atoms with Gasteiger partial charge in [0, 0.05) is 38.2 Å². The molecular formula is C47H34OS. The van der Waals surface area contributed by atoms with Gasteiger partial charge in [-0.3, -0.25) is 0 Å². The molecule has 234 valence electrons. The molecule has 0 amide bonds. The van der Waals surface area contributed by atoms with Gasteiger partial charge in [-0.1, -0.05) is 129 Å². The zero-order chi connectivity index (χ0) is 32.4. The van der Waals surface area contributed by atoms with Gasteiger partial charge in [0.15, 0.2) is 0 Å². The largest absolute Gasteiger partial charge is 0.456 e. The molecule has 0 saturated carbocycles. The second kappa shape index (κ2) is 10.00. The predicted octanol–water partition coefficient (Wildman–Crippen LogP) is 12.6. The van der Waals surface area contributed by atoms with E-state index in [1.165, 1.54) is 76.9 Å². The van der Waals surface area contributed by atoms with Gasteiger partial charge >= 0.3 is 0 Å². The first-order chi connectivity index (χ1) is 24.0. The standard InChI is InChI=1S/C47H34OS/c1-47(2)39-17-7-5-13-32(39)37-26-35-28(25-40(37)47)24-36(31-12-4-3-11-30(31)35)33-16-10-20-44-46(33)38-23-27(21-22-43(38)49-44)29-15-9-19-42-45(29)34-14-6-8-18-41(34)48-42/h3-23,25-26,36,44,46H,24H2,1-2H3. The highest BCUT2D eigenvalue weighted by molar-refractivity contribution is 8.00. The Hall–Kier alpha value is -5.05. The monoisotopic (exact) mass is 646 g/mol. The number of fused-ring (bicyclic) bond motifs is 12. The predicted molar refractivity (Wildman–Crippen MR) is 205 cm³/mol. The quantitative estimate of drug-likeness (QED) is 0.185. The van der Waals surface area contributed by atoms with Gasteiger partial charge in [-0.15, -0.1) is 11.8 Å². The first kappa shape index (κ1) is 27.9. The highest BCUT2D eigenvalue weighted by atomic mass is 32.2. The fourth-order valence-corrected chi connectivity index (χ4v) is 11.0. The first-order valence-electron chi connectivity index (χ1n) is 17.5. The van der Waals surface area contributed by atoms with Crippen molar-refractivity contribution in [3.8, 4) is 33.4 Å². The van der Waals surface area contributed by atoms with Gasteiger partial charge in [-0.25, -0.2) is 0 Å². The van der Waals surface area contributed by atoms with Gasteiger partial charge in [-0.05, 0) is 98.0 Å². The van der Waals surface area contributed by atoms with Crippen molar-refractivity contribution in [3.05, 3.63) is 173 Å². The Balaban J connectivity index is 1.04. The van der Waals surface area contributed by atoms with Crippen LogP contribution in [0.5, 0.6) is 0 Å². The van der Waals surface area contributed by atoms with Gasteiger partial charge in [-0.2, -0.15) is 0 Å². The number of benzene rings is 6. The molecule has 2 heteroatoms. The van der Waals surface area contributed by atoms with Crippen molar-refractivity contribution in [3.63, 3.8) is 0 Å². The second-order valence-corrected chi connectivity index (χ2v) is 15.9. The van der Waals surface area contributed by atoms with E-state index in [-0.39, 0.29) is 5.41 Å². The number of hydrogen-bond acceptors (Lipinski definition) is 2. The molecule has 0 saturated heterocycles. The average molecular weight is 647 g/mol.